The number of carbonyl (C=O) groups excluding carboxylic acids is 1. The van der Waals surface area contributed by atoms with Crippen LogP contribution < -0.4 is 5.32 Å². The molecule has 0 aromatic carbocycles. The maximum Gasteiger partial charge on any atom is 0.219 e. The van der Waals surface area contributed by atoms with Crippen LogP contribution in [-0.2, 0) is 4.79 Å². The number of nitrogens with zero attached hydrogens (tertiary/aromatic N) is 1. The van der Waals surface area contributed by atoms with Crippen molar-refractivity contribution in [1.82, 2.24) is 10.2 Å². The van der Waals surface area contributed by atoms with Crippen LogP contribution in [0.3, 0.4) is 0 Å². The number of fused-ring (bicyclic) bond motifs is 1. The first-order chi connectivity index (χ1) is 6.27. The lowest BCUT2D eigenvalue weighted by atomic mass is 9.92. The highest BCUT2D eigenvalue weighted by Gasteiger charge is 2.30. The summed E-state index contributed by atoms with van der Waals surface area (Å²) in [7, 11) is 0. The molecule has 2 aliphatic heterocycles. The third kappa shape index (κ3) is 3.51. The first kappa shape index (κ1) is 15.0. The Bertz CT molecular complexity index is 200. The third-order valence-corrected chi connectivity index (χ3v) is 3.46. The smallest absolute Gasteiger partial charge is 0.219 e. The maximum atomic E-state index is 11.2. The fourth-order valence-electron chi connectivity index (χ4n) is 2.53. The molecular weight excluding hydrogens is 235 g/mol. The molecule has 90 valence electrons. The number of halogens is 2. The van der Waals surface area contributed by atoms with Crippen LogP contribution in [0.25, 0.3) is 0 Å². The van der Waals surface area contributed by atoms with E-state index in [4.69, 9.17) is 0 Å². The van der Waals surface area contributed by atoms with Crippen LogP contribution >= 0.6 is 24.8 Å². The minimum atomic E-state index is 0. The van der Waals surface area contributed by atoms with Crippen molar-refractivity contribution in [2.45, 2.75) is 19.8 Å². The first-order valence-electron chi connectivity index (χ1n) is 5.23. The molecule has 15 heavy (non-hydrogen) atoms. The lowest BCUT2D eigenvalue weighted by molar-refractivity contribution is -0.128. The molecule has 0 saturated carbocycles. The summed E-state index contributed by atoms with van der Waals surface area (Å²) in [5.41, 5.74) is 0. The average Bonchev–Trinajstić information content (AvgIpc) is 2.44. The third-order valence-electron chi connectivity index (χ3n) is 3.46. The Labute approximate surface area is 104 Å². The summed E-state index contributed by atoms with van der Waals surface area (Å²) in [6.45, 7) is 5.95. The van der Waals surface area contributed by atoms with Crippen molar-refractivity contribution in [2.24, 2.45) is 11.8 Å². The molecule has 0 spiro atoms. The van der Waals surface area contributed by atoms with Crippen molar-refractivity contribution in [3.8, 4) is 0 Å². The van der Waals surface area contributed by atoms with Gasteiger partial charge in [0, 0.05) is 20.0 Å². The molecule has 2 rings (SSSR count). The van der Waals surface area contributed by atoms with Gasteiger partial charge in [0.25, 0.3) is 0 Å². The van der Waals surface area contributed by atoms with Gasteiger partial charge in [-0.25, -0.2) is 0 Å². The van der Waals surface area contributed by atoms with Crippen LogP contribution in [0, 0.1) is 11.8 Å². The number of rotatable bonds is 0. The molecule has 0 radical (unpaired) electrons. The van der Waals surface area contributed by atoms with E-state index in [-0.39, 0.29) is 30.7 Å². The van der Waals surface area contributed by atoms with E-state index in [0.717, 1.165) is 38.0 Å². The van der Waals surface area contributed by atoms with E-state index in [1.165, 1.54) is 12.8 Å². The summed E-state index contributed by atoms with van der Waals surface area (Å²) < 4.78 is 0. The maximum absolute atomic E-state index is 11.2. The topological polar surface area (TPSA) is 32.3 Å². The highest BCUT2D eigenvalue weighted by Crippen LogP contribution is 2.26. The molecule has 1 N–H and O–H groups in total. The predicted molar refractivity (Wildman–Crippen MR) is 65.8 cm³/mol. The van der Waals surface area contributed by atoms with Gasteiger partial charge in [0.05, 0.1) is 0 Å². The van der Waals surface area contributed by atoms with Crippen LogP contribution in [-0.4, -0.2) is 37.0 Å². The summed E-state index contributed by atoms with van der Waals surface area (Å²) in [5, 5.41) is 3.43. The Morgan fingerprint density at radius 3 is 2.00 bits per heavy atom. The highest BCUT2D eigenvalue weighted by atomic mass is 35.5. The number of nitrogens with one attached hydrogen (secondary N) is 1. The van der Waals surface area contributed by atoms with Gasteiger partial charge in [0.2, 0.25) is 5.91 Å². The van der Waals surface area contributed by atoms with E-state index in [9.17, 15) is 4.79 Å². The molecule has 0 aromatic heterocycles. The predicted octanol–water partition coefficient (Wildman–Crippen LogP) is 1.31. The fraction of sp³-hybridized carbons (Fsp3) is 0.900. The largest absolute Gasteiger partial charge is 0.343 e. The SMILES string of the molecule is CC(=O)N1CCC2CNCC2CC1.Cl.Cl. The molecule has 2 heterocycles. The van der Waals surface area contributed by atoms with Crippen LogP contribution in [0.2, 0.25) is 0 Å². The van der Waals surface area contributed by atoms with Gasteiger partial charge in [-0.3, -0.25) is 4.79 Å². The van der Waals surface area contributed by atoms with Crippen LogP contribution in [0.5, 0.6) is 0 Å². The second-order valence-electron chi connectivity index (χ2n) is 4.26. The zero-order valence-corrected chi connectivity index (χ0v) is 10.7. The zero-order valence-electron chi connectivity index (χ0n) is 9.07. The van der Waals surface area contributed by atoms with Crippen molar-refractivity contribution < 1.29 is 4.79 Å². The number of hydrogen-bond acceptors (Lipinski definition) is 2. The Balaban J connectivity index is 0.000000980. The zero-order chi connectivity index (χ0) is 9.26. The van der Waals surface area contributed by atoms with Gasteiger partial charge in [0.1, 0.15) is 0 Å². The molecule has 2 aliphatic rings. The Morgan fingerprint density at radius 2 is 1.60 bits per heavy atom. The Hall–Kier alpha value is 0.01000. The summed E-state index contributed by atoms with van der Waals surface area (Å²) in [5.74, 6) is 1.89. The quantitative estimate of drug-likeness (QED) is 0.707. The van der Waals surface area contributed by atoms with Crippen molar-refractivity contribution >= 4 is 30.7 Å². The number of hydrogen-bond donors (Lipinski definition) is 1. The number of carbonyl (C=O) groups is 1. The lowest BCUT2D eigenvalue weighted by Gasteiger charge is -2.18. The van der Waals surface area contributed by atoms with Gasteiger partial charge in [-0.15, -0.1) is 24.8 Å². The standard InChI is InChI=1S/C10H18N2O.2ClH/c1-8(13)12-4-2-9-6-11-7-10(9)3-5-12;;/h9-11H,2-7H2,1H3;2*1H. The van der Waals surface area contributed by atoms with E-state index in [2.05, 4.69) is 5.32 Å². The van der Waals surface area contributed by atoms with E-state index in [1.807, 2.05) is 4.90 Å². The van der Waals surface area contributed by atoms with Crippen LogP contribution in [0.1, 0.15) is 19.8 Å². The molecule has 0 aliphatic carbocycles. The second-order valence-corrected chi connectivity index (χ2v) is 4.26. The minimum Gasteiger partial charge on any atom is -0.343 e. The number of likely N-dealkylation sites (tertiary alicyclic amines) is 1. The van der Waals surface area contributed by atoms with Crippen molar-refractivity contribution in [3.05, 3.63) is 0 Å². The van der Waals surface area contributed by atoms with Gasteiger partial charge in [-0.2, -0.15) is 0 Å². The summed E-state index contributed by atoms with van der Waals surface area (Å²) >= 11 is 0. The molecule has 5 heteroatoms. The average molecular weight is 255 g/mol. The van der Waals surface area contributed by atoms with E-state index >= 15 is 0 Å². The van der Waals surface area contributed by atoms with Crippen LogP contribution in [0.4, 0.5) is 0 Å². The summed E-state index contributed by atoms with van der Waals surface area (Å²) in [6, 6.07) is 0. The number of amides is 1. The molecule has 0 aromatic rings. The molecular formula is C10H20Cl2N2O. The molecule has 2 atom stereocenters. The molecule has 2 unspecified atom stereocenters. The fourth-order valence-corrected chi connectivity index (χ4v) is 2.53. The van der Waals surface area contributed by atoms with Crippen molar-refractivity contribution in [3.63, 3.8) is 0 Å². The van der Waals surface area contributed by atoms with E-state index in [1.54, 1.807) is 6.92 Å². The summed E-state index contributed by atoms with van der Waals surface area (Å²) in [6.07, 6.45) is 2.38. The van der Waals surface area contributed by atoms with Gasteiger partial charge < -0.3 is 10.2 Å². The normalized spacial score (nSPS) is 29.5. The molecule has 3 nitrogen and oxygen atoms in total. The summed E-state index contributed by atoms with van der Waals surface area (Å²) in [4.78, 5) is 13.2. The molecule has 0 bridgehead atoms. The molecule has 2 fully saturated rings. The Kier molecular flexibility index (Phi) is 6.57. The first-order valence-corrected chi connectivity index (χ1v) is 5.23. The lowest BCUT2D eigenvalue weighted by Crippen LogP contribution is -2.30. The second kappa shape index (κ2) is 6.56. The van der Waals surface area contributed by atoms with Gasteiger partial charge >= 0.3 is 0 Å². The van der Waals surface area contributed by atoms with Crippen molar-refractivity contribution in [2.75, 3.05) is 26.2 Å². The highest BCUT2D eigenvalue weighted by molar-refractivity contribution is 5.85. The van der Waals surface area contributed by atoms with Crippen molar-refractivity contribution in [1.29, 1.82) is 0 Å². The Morgan fingerprint density at radius 1 is 1.13 bits per heavy atom. The van der Waals surface area contributed by atoms with Gasteiger partial charge in [-0.05, 0) is 37.8 Å². The monoisotopic (exact) mass is 254 g/mol. The minimum absolute atomic E-state index is 0. The van der Waals surface area contributed by atoms with E-state index < -0.39 is 0 Å². The molecule has 1 amide bonds. The van der Waals surface area contributed by atoms with Gasteiger partial charge in [0.15, 0.2) is 0 Å². The molecule has 2 saturated heterocycles. The van der Waals surface area contributed by atoms with E-state index in [0.29, 0.717) is 0 Å². The van der Waals surface area contributed by atoms with Crippen LogP contribution in [0.15, 0.2) is 0 Å². The van der Waals surface area contributed by atoms with Gasteiger partial charge in [-0.1, -0.05) is 0 Å².